The van der Waals surface area contributed by atoms with Crippen LogP contribution in [0.1, 0.15) is 39.9 Å². The Morgan fingerprint density at radius 3 is 2.55 bits per heavy atom. The van der Waals surface area contributed by atoms with Crippen molar-refractivity contribution in [2.45, 2.75) is 38.9 Å². The number of halogens is 1. The molecule has 1 N–H and O–H groups in total. The first-order chi connectivity index (χ1) is 22.8. The smallest absolute Gasteiger partial charge is 0.211 e. The summed E-state index contributed by atoms with van der Waals surface area (Å²) in [6, 6.07) is 24.5. The largest absolute Gasteiger partial charge is 0.379 e. The van der Waals surface area contributed by atoms with E-state index in [1.807, 2.05) is 36.4 Å². The van der Waals surface area contributed by atoms with Crippen LogP contribution in [0.25, 0.3) is 11.3 Å². The maximum absolute atomic E-state index is 12.5. The molecule has 1 fully saturated rings. The topological polar surface area (TPSA) is 79.7 Å². The van der Waals surface area contributed by atoms with Crippen LogP contribution >= 0.6 is 11.6 Å². The first-order valence-corrected chi connectivity index (χ1v) is 18.6. The van der Waals surface area contributed by atoms with E-state index in [1.165, 1.54) is 17.4 Å². The Balaban J connectivity index is 1.19. The predicted molar refractivity (Wildman–Crippen MR) is 188 cm³/mol. The maximum atomic E-state index is 12.5. The van der Waals surface area contributed by atoms with E-state index in [0.29, 0.717) is 30.1 Å². The lowest BCUT2D eigenvalue weighted by Crippen LogP contribution is -2.37. The first-order valence-electron chi connectivity index (χ1n) is 16.3. The van der Waals surface area contributed by atoms with E-state index in [-0.39, 0.29) is 0 Å². The molecule has 0 radical (unpaired) electrons. The van der Waals surface area contributed by atoms with E-state index in [0.717, 1.165) is 93.4 Å². The van der Waals surface area contributed by atoms with Gasteiger partial charge in [-0.15, -0.1) is 0 Å². The number of hydrogen-bond donors (Lipinski definition) is 1. The number of aromatic nitrogens is 2. The molecule has 0 unspecified atom stereocenters. The normalized spacial score (nSPS) is 15.6. The van der Waals surface area contributed by atoms with Crippen LogP contribution in [0.4, 0.5) is 0 Å². The molecule has 10 heteroatoms. The molecule has 47 heavy (non-hydrogen) atoms. The molecule has 1 aromatic heterocycles. The average Bonchev–Trinajstić information content (AvgIpc) is 3.45. The van der Waals surface area contributed by atoms with E-state index in [9.17, 15) is 8.42 Å². The summed E-state index contributed by atoms with van der Waals surface area (Å²) in [7, 11) is -3.34. The lowest BCUT2D eigenvalue weighted by Gasteiger charge is -2.27. The summed E-state index contributed by atoms with van der Waals surface area (Å²) in [6.45, 7) is 7.66. The second-order valence-corrected chi connectivity index (χ2v) is 14.6. The van der Waals surface area contributed by atoms with Crippen molar-refractivity contribution < 1.29 is 13.2 Å². The molecule has 0 saturated carbocycles. The molecule has 1 saturated heterocycles. The quantitative estimate of drug-likeness (QED) is 0.179. The van der Waals surface area contributed by atoms with Crippen LogP contribution in [0.5, 0.6) is 0 Å². The number of hydrogen-bond acceptors (Lipinski definition) is 6. The van der Waals surface area contributed by atoms with Crippen molar-refractivity contribution in [2.24, 2.45) is 0 Å². The van der Waals surface area contributed by atoms with Crippen LogP contribution in [-0.4, -0.2) is 79.6 Å². The zero-order valence-corrected chi connectivity index (χ0v) is 28.5. The molecule has 0 aliphatic carbocycles. The van der Waals surface area contributed by atoms with Gasteiger partial charge in [0.2, 0.25) is 10.0 Å². The highest BCUT2D eigenvalue weighted by Crippen LogP contribution is 2.33. The SMILES string of the molecule is CS(=O)(=O)N1CCc2c(c(-c3ccc(Cl)c(C#Cc4cccc(CNCCc5ccccc5)c4)c3)nn2CCCN2CCOCC2)C1. The van der Waals surface area contributed by atoms with Gasteiger partial charge in [-0.3, -0.25) is 9.58 Å². The highest BCUT2D eigenvalue weighted by Gasteiger charge is 2.30. The Morgan fingerprint density at radius 2 is 1.74 bits per heavy atom. The van der Waals surface area contributed by atoms with E-state index < -0.39 is 10.0 Å². The molecule has 0 atom stereocenters. The highest BCUT2D eigenvalue weighted by molar-refractivity contribution is 7.88. The zero-order valence-electron chi connectivity index (χ0n) is 26.9. The van der Waals surface area contributed by atoms with Gasteiger partial charge >= 0.3 is 0 Å². The highest BCUT2D eigenvalue weighted by atomic mass is 35.5. The maximum Gasteiger partial charge on any atom is 0.211 e. The van der Waals surface area contributed by atoms with Crippen LogP contribution in [-0.2, 0) is 47.2 Å². The van der Waals surface area contributed by atoms with E-state index in [4.69, 9.17) is 21.4 Å². The molecule has 6 rings (SSSR count). The van der Waals surface area contributed by atoms with Crippen molar-refractivity contribution in [3.05, 3.63) is 111 Å². The van der Waals surface area contributed by atoms with Gasteiger partial charge in [0.25, 0.3) is 0 Å². The zero-order chi connectivity index (χ0) is 32.6. The Labute approximate surface area is 283 Å². The van der Waals surface area contributed by atoms with Crippen LogP contribution in [0.3, 0.4) is 0 Å². The second kappa shape index (κ2) is 15.6. The van der Waals surface area contributed by atoms with Gasteiger partial charge in [-0.2, -0.15) is 9.40 Å². The van der Waals surface area contributed by atoms with Crippen molar-refractivity contribution >= 4 is 21.6 Å². The minimum Gasteiger partial charge on any atom is -0.379 e. The Kier molecular flexibility index (Phi) is 11.1. The molecule has 2 aliphatic rings. The second-order valence-electron chi connectivity index (χ2n) is 12.2. The molecule has 0 bridgehead atoms. The van der Waals surface area contributed by atoms with Crippen LogP contribution in [0, 0.1) is 11.8 Å². The number of benzene rings is 3. The lowest BCUT2D eigenvalue weighted by atomic mass is 10.0. The number of nitrogens with zero attached hydrogens (tertiary/aromatic N) is 4. The number of nitrogens with one attached hydrogen (secondary N) is 1. The average molecular weight is 672 g/mol. The number of rotatable bonds is 11. The molecular formula is C37H42ClN5O3S. The number of sulfonamides is 1. The first kappa shape index (κ1) is 33.4. The predicted octanol–water partition coefficient (Wildman–Crippen LogP) is 4.98. The Hall–Kier alpha value is -3.49. The number of fused-ring (bicyclic) bond motifs is 1. The summed E-state index contributed by atoms with van der Waals surface area (Å²) in [4.78, 5) is 2.42. The molecule has 0 spiro atoms. The Bertz CT molecular complexity index is 1840. The van der Waals surface area contributed by atoms with Crippen molar-refractivity contribution in [3.8, 4) is 23.1 Å². The summed E-state index contributed by atoms with van der Waals surface area (Å²) >= 11 is 6.65. The van der Waals surface area contributed by atoms with Gasteiger partial charge < -0.3 is 10.1 Å². The molecule has 2 aliphatic heterocycles. The summed E-state index contributed by atoms with van der Waals surface area (Å²) in [5.74, 6) is 6.59. The molecule has 0 amide bonds. The fourth-order valence-electron chi connectivity index (χ4n) is 6.21. The van der Waals surface area contributed by atoms with Gasteiger partial charge in [0.15, 0.2) is 0 Å². The monoisotopic (exact) mass is 671 g/mol. The van der Waals surface area contributed by atoms with Gasteiger partial charge in [-0.25, -0.2) is 8.42 Å². The fourth-order valence-corrected chi connectivity index (χ4v) is 7.16. The number of ether oxygens (including phenoxy) is 1. The van der Waals surface area contributed by atoms with Gasteiger partial charge in [0, 0.05) is 80.2 Å². The summed E-state index contributed by atoms with van der Waals surface area (Å²) < 4.78 is 34.2. The third-order valence-corrected chi connectivity index (χ3v) is 10.4. The van der Waals surface area contributed by atoms with Crippen molar-refractivity contribution in [2.75, 3.05) is 52.2 Å². The lowest BCUT2D eigenvalue weighted by molar-refractivity contribution is 0.0368. The molecular weight excluding hydrogens is 630 g/mol. The molecule has 4 aromatic rings. The fraction of sp³-hybridized carbons (Fsp3) is 0.378. The summed E-state index contributed by atoms with van der Waals surface area (Å²) in [6.07, 6.45) is 3.85. The molecule has 246 valence electrons. The van der Waals surface area contributed by atoms with Gasteiger partial charge in [-0.05, 0) is 54.8 Å². The molecule has 8 nitrogen and oxygen atoms in total. The van der Waals surface area contributed by atoms with Gasteiger partial charge in [-0.1, -0.05) is 72.0 Å². The molecule has 3 heterocycles. The Morgan fingerprint density at radius 1 is 0.936 bits per heavy atom. The number of aryl methyl sites for hydroxylation is 1. The minimum atomic E-state index is -3.34. The summed E-state index contributed by atoms with van der Waals surface area (Å²) in [5.41, 5.74) is 7.87. The standard InChI is InChI=1S/C37H42ClN5O3S/c1-47(44,45)42-20-16-36-34(28-42)37(40-43(36)19-6-18-41-21-23-46-24-22-41)33-13-14-35(38)32(26-33)12-11-30-9-5-10-31(25-30)27-39-17-15-29-7-3-2-4-8-29/h2-5,7-10,13-14,25-26,39H,6,15-24,27-28H2,1H3. The van der Waals surface area contributed by atoms with Crippen molar-refractivity contribution in [3.63, 3.8) is 0 Å². The summed E-state index contributed by atoms with van der Waals surface area (Å²) in [5, 5.41) is 9.16. The third-order valence-electron chi connectivity index (χ3n) is 8.79. The van der Waals surface area contributed by atoms with E-state index >= 15 is 0 Å². The van der Waals surface area contributed by atoms with Crippen molar-refractivity contribution in [1.29, 1.82) is 0 Å². The van der Waals surface area contributed by atoms with E-state index in [2.05, 4.69) is 63.1 Å². The van der Waals surface area contributed by atoms with Crippen molar-refractivity contribution in [1.82, 2.24) is 24.3 Å². The van der Waals surface area contributed by atoms with Gasteiger partial charge in [0.05, 0.1) is 30.2 Å². The number of morpholine rings is 1. The van der Waals surface area contributed by atoms with Crippen LogP contribution in [0.2, 0.25) is 5.02 Å². The minimum absolute atomic E-state index is 0.308. The van der Waals surface area contributed by atoms with Crippen LogP contribution < -0.4 is 5.32 Å². The third kappa shape index (κ3) is 8.90. The van der Waals surface area contributed by atoms with Crippen LogP contribution in [0.15, 0.2) is 72.8 Å². The van der Waals surface area contributed by atoms with E-state index in [1.54, 1.807) is 4.31 Å². The molecule has 3 aromatic carbocycles. The van der Waals surface area contributed by atoms with Gasteiger partial charge in [0.1, 0.15) is 0 Å².